The van der Waals surface area contributed by atoms with Crippen LogP contribution in [0.3, 0.4) is 0 Å². The second kappa shape index (κ2) is 6.24. The molecule has 0 aromatic rings. The molecule has 2 atom stereocenters. The molecule has 0 heterocycles. The van der Waals surface area contributed by atoms with Crippen LogP contribution in [0.4, 0.5) is 13.2 Å². The summed E-state index contributed by atoms with van der Waals surface area (Å²) >= 11 is 4.33. The van der Waals surface area contributed by atoms with Crippen molar-refractivity contribution < 1.29 is 22.6 Å². The summed E-state index contributed by atoms with van der Waals surface area (Å²) in [6.45, 7) is 1.27. The molecule has 0 rings (SSSR count). The summed E-state index contributed by atoms with van der Waals surface area (Å²) in [6, 6.07) is 0. The zero-order valence-electron chi connectivity index (χ0n) is 8.50. The molecule has 2 N–H and O–H groups in total. The Hall–Kier alpha value is -0.400. The smallest absolute Gasteiger partial charge is 0.393 e. The van der Waals surface area contributed by atoms with Crippen LogP contribution in [0.5, 0.6) is 0 Å². The molecule has 0 bridgehead atoms. The zero-order valence-corrected chi connectivity index (χ0v) is 9.32. The summed E-state index contributed by atoms with van der Waals surface area (Å²) in [7, 11) is 1.44. The van der Waals surface area contributed by atoms with E-state index in [1.807, 2.05) is 0 Å². The lowest BCUT2D eigenvalue weighted by Gasteiger charge is -2.21. The summed E-state index contributed by atoms with van der Waals surface area (Å²) in [5.74, 6) is -1.90. The molecule has 0 aromatic carbocycles. The number of hydrogen-bond acceptors (Lipinski definition) is 3. The van der Waals surface area contributed by atoms with Gasteiger partial charge in [0.2, 0.25) is 0 Å². The molecule has 0 saturated heterocycles. The summed E-state index contributed by atoms with van der Waals surface area (Å²) < 4.78 is 46.6. The summed E-state index contributed by atoms with van der Waals surface area (Å²) in [5.41, 5.74) is 4.98. The maximum Gasteiger partial charge on any atom is 0.400 e. The lowest BCUT2D eigenvalue weighted by atomic mass is 10.1. The third kappa shape index (κ3) is 5.91. The molecule has 2 unspecified atom stereocenters. The van der Waals surface area contributed by atoms with Crippen molar-refractivity contribution in [1.29, 1.82) is 0 Å². The number of methoxy groups -OCH3 is 1. The molecule has 7 heteroatoms. The molecule has 3 nitrogen and oxygen atoms in total. The first kappa shape index (κ1) is 14.6. The van der Waals surface area contributed by atoms with Gasteiger partial charge in [0.15, 0.2) is 0 Å². The van der Waals surface area contributed by atoms with E-state index in [1.165, 1.54) is 7.11 Å². The Morgan fingerprint density at radius 3 is 2.27 bits per heavy atom. The van der Waals surface area contributed by atoms with E-state index in [4.69, 9.17) is 15.2 Å². The van der Waals surface area contributed by atoms with Gasteiger partial charge in [-0.3, -0.25) is 0 Å². The third-order valence-electron chi connectivity index (χ3n) is 1.69. The lowest BCUT2D eigenvalue weighted by molar-refractivity contribution is -0.172. The van der Waals surface area contributed by atoms with Crippen molar-refractivity contribution in [2.45, 2.75) is 19.2 Å². The summed E-state index contributed by atoms with van der Waals surface area (Å²) in [6.07, 6.45) is -4.88. The van der Waals surface area contributed by atoms with Crippen LogP contribution < -0.4 is 5.73 Å². The third-order valence-corrected chi connectivity index (χ3v) is 1.97. The molecule has 0 aromatic heterocycles. The van der Waals surface area contributed by atoms with Crippen LogP contribution in [-0.2, 0) is 9.47 Å². The quantitative estimate of drug-likeness (QED) is 0.720. The Bertz CT molecular complexity index is 211. The van der Waals surface area contributed by atoms with Crippen LogP contribution in [0.2, 0.25) is 0 Å². The molecule has 0 saturated carbocycles. The second-order valence-electron chi connectivity index (χ2n) is 3.10. The first-order valence-electron chi connectivity index (χ1n) is 4.25. The predicted octanol–water partition coefficient (Wildman–Crippen LogP) is 1.50. The Labute approximate surface area is 91.7 Å². The second-order valence-corrected chi connectivity index (χ2v) is 3.57. The number of hydrogen-bond donors (Lipinski definition) is 1. The fraction of sp³-hybridized carbons (Fsp3) is 0.875. The van der Waals surface area contributed by atoms with E-state index in [1.54, 1.807) is 6.92 Å². The molecule has 0 radical (unpaired) electrons. The average Bonchev–Trinajstić information content (AvgIpc) is 2.01. The van der Waals surface area contributed by atoms with Crippen LogP contribution in [0.1, 0.15) is 6.92 Å². The van der Waals surface area contributed by atoms with Crippen molar-refractivity contribution >= 4 is 17.2 Å². The van der Waals surface area contributed by atoms with E-state index in [9.17, 15) is 13.2 Å². The largest absolute Gasteiger partial charge is 0.400 e. The van der Waals surface area contributed by atoms with Gasteiger partial charge in [0, 0.05) is 7.11 Å². The number of rotatable bonds is 6. The predicted molar refractivity (Wildman–Crippen MR) is 53.6 cm³/mol. The van der Waals surface area contributed by atoms with Gasteiger partial charge in [0.05, 0.1) is 24.3 Å². The highest BCUT2D eigenvalue weighted by Crippen LogP contribution is 2.27. The van der Waals surface area contributed by atoms with E-state index in [0.717, 1.165) is 0 Å². The molecule has 0 aliphatic carbocycles. The van der Waals surface area contributed by atoms with Crippen LogP contribution in [-0.4, -0.2) is 37.6 Å². The van der Waals surface area contributed by atoms with Crippen molar-refractivity contribution in [2.75, 3.05) is 20.3 Å². The van der Waals surface area contributed by atoms with Gasteiger partial charge in [-0.1, -0.05) is 12.2 Å². The maximum atomic E-state index is 12.3. The SMILES string of the molecule is COCC(C)OCC(C(N)=S)C(F)(F)F. The minimum atomic E-state index is -4.46. The zero-order chi connectivity index (χ0) is 12.1. The van der Waals surface area contributed by atoms with Gasteiger partial charge in [0.25, 0.3) is 0 Å². The number of ether oxygens (including phenoxy) is 2. The molecular formula is C8H14F3NO2S. The monoisotopic (exact) mass is 245 g/mol. The molecule has 15 heavy (non-hydrogen) atoms. The fourth-order valence-corrected chi connectivity index (χ4v) is 1.08. The number of nitrogens with two attached hydrogens (primary N) is 1. The van der Waals surface area contributed by atoms with Crippen LogP contribution in [0, 0.1) is 5.92 Å². The van der Waals surface area contributed by atoms with Gasteiger partial charge >= 0.3 is 6.18 Å². The average molecular weight is 245 g/mol. The molecule has 0 fully saturated rings. The highest BCUT2D eigenvalue weighted by Gasteiger charge is 2.42. The number of alkyl halides is 3. The molecule has 0 aliphatic heterocycles. The van der Waals surface area contributed by atoms with Crippen molar-refractivity contribution in [2.24, 2.45) is 11.7 Å². The Kier molecular flexibility index (Phi) is 6.07. The number of halogens is 3. The van der Waals surface area contributed by atoms with Crippen molar-refractivity contribution in [3.63, 3.8) is 0 Å². The van der Waals surface area contributed by atoms with Crippen LogP contribution in [0.25, 0.3) is 0 Å². The van der Waals surface area contributed by atoms with E-state index in [0.29, 0.717) is 0 Å². The van der Waals surface area contributed by atoms with Gasteiger partial charge in [-0.15, -0.1) is 0 Å². The van der Waals surface area contributed by atoms with E-state index in [-0.39, 0.29) is 6.61 Å². The number of thiocarbonyl (C=S) groups is 1. The van der Waals surface area contributed by atoms with Crippen molar-refractivity contribution in [3.05, 3.63) is 0 Å². The molecule has 0 amide bonds. The van der Waals surface area contributed by atoms with Gasteiger partial charge in [-0.2, -0.15) is 13.2 Å². The summed E-state index contributed by atoms with van der Waals surface area (Å²) in [4.78, 5) is -0.605. The molecule has 0 spiro atoms. The lowest BCUT2D eigenvalue weighted by Crippen LogP contribution is -2.39. The first-order chi connectivity index (χ1) is 6.79. The van der Waals surface area contributed by atoms with Crippen LogP contribution in [0.15, 0.2) is 0 Å². The fourth-order valence-electron chi connectivity index (χ4n) is 0.881. The van der Waals surface area contributed by atoms with Crippen molar-refractivity contribution in [1.82, 2.24) is 0 Å². The highest BCUT2D eigenvalue weighted by atomic mass is 32.1. The van der Waals surface area contributed by atoms with Gasteiger partial charge in [-0.05, 0) is 6.92 Å². The van der Waals surface area contributed by atoms with Gasteiger partial charge in [0.1, 0.15) is 5.92 Å². The minimum Gasteiger partial charge on any atom is -0.393 e. The normalized spacial score (nSPS) is 16.1. The Morgan fingerprint density at radius 2 is 1.93 bits per heavy atom. The van der Waals surface area contributed by atoms with Gasteiger partial charge < -0.3 is 15.2 Å². The topological polar surface area (TPSA) is 44.5 Å². The highest BCUT2D eigenvalue weighted by molar-refractivity contribution is 7.80. The van der Waals surface area contributed by atoms with E-state index < -0.39 is 29.8 Å². The Balaban J connectivity index is 4.15. The minimum absolute atomic E-state index is 0.224. The van der Waals surface area contributed by atoms with Crippen molar-refractivity contribution in [3.8, 4) is 0 Å². The van der Waals surface area contributed by atoms with Crippen LogP contribution >= 0.6 is 12.2 Å². The van der Waals surface area contributed by atoms with E-state index in [2.05, 4.69) is 12.2 Å². The van der Waals surface area contributed by atoms with Gasteiger partial charge in [-0.25, -0.2) is 0 Å². The molecule has 90 valence electrons. The first-order valence-corrected chi connectivity index (χ1v) is 4.66. The molecule has 0 aliphatic rings. The van der Waals surface area contributed by atoms with E-state index >= 15 is 0 Å². The Morgan fingerprint density at radius 1 is 1.40 bits per heavy atom. The molecular weight excluding hydrogens is 231 g/mol. The summed E-state index contributed by atoms with van der Waals surface area (Å²) in [5, 5.41) is 0. The maximum absolute atomic E-state index is 12.3. The standard InChI is InChI=1S/C8H14F3NO2S/c1-5(3-13-2)14-4-6(7(12)15)8(9,10)11/h5-6H,3-4H2,1-2H3,(H2,12,15).